The van der Waals surface area contributed by atoms with Crippen LogP contribution in [0.1, 0.15) is 27.2 Å². The van der Waals surface area contributed by atoms with Crippen LogP contribution in [0.2, 0.25) is 0 Å². The Hall–Kier alpha value is -0.900. The van der Waals surface area contributed by atoms with Crippen LogP contribution >= 0.6 is 0 Å². The summed E-state index contributed by atoms with van der Waals surface area (Å²) in [4.78, 5) is 22.9. The molecule has 1 atom stereocenters. The lowest BCUT2D eigenvalue weighted by Gasteiger charge is -2.20. The molecule has 1 amide bonds. The number of carbonyl (C=O) groups is 2. The van der Waals surface area contributed by atoms with E-state index in [1.807, 2.05) is 20.8 Å². The van der Waals surface area contributed by atoms with Crippen molar-refractivity contribution in [1.82, 2.24) is 10.6 Å². The maximum atomic E-state index is 11.6. The van der Waals surface area contributed by atoms with E-state index in [1.54, 1.807) is 14.1 Å². The largest absolute Gasteiger partial charge is 0.358 e. The number of nitrogens with one attached hydrogen (secondary N) is 2. The lowest BCUT2D eigenvalue weighted by atomic mass is 9.87. The van der Waals surface area contributed by atoms with Gasteiger partial charge in [-0.1, -0.05) is 20.8 Å². The molecule has 0 aliphatic carbocycles. The molecule has 4 heteroatoms. The maximum absolute atomic E-state index is 11.6. The van der Waals surface area contributed by atoms with Gasteiger partial charge in [-0.2, -0.15) is 0 Å². The van der Waals surface area contributed by atoms with Crippen LogP contribution in [0.5, 0.6) is 0 Å². The van der Waals surface area contributed by atoms with Crippen LogP contribution in [-0.4, -0.2) is 31.8 Å². The van der Waals surface area contributed by atoms with Gasteiger partial charge < -0.3 is 10.6 Å². The highest BCUT2D eigenvalue weighted by Crippen LogP contribution is 2.17. The van der Waals surface area contributed by atoms with Gasteiger partial charge >= 0.3 is 0 Å². The van der Waals surface area contributed by atoms with Gasteiger partial charge in [-0.15, -0.1) is 0 Å². The van der Waals surface area contributed by atoms with Crippen LogP contribution in [-0.2, 0) is 9.59 Å². The zero-order chi connectivity index (χ0) is 11.4. The van der Waals surface area contributed by atoms with Crippen LogP contribution in [0, 0.1) is 5.41 Å². The Bertz CT molecular complexity index is 219. The van der Waals surface area contributed by atoms with Crippen LogP contribution in [0.3, 0.4) is 0 Å². The van der Waals surface area contributed by atoms with E-state index in [-0.39, 0.29) is 23.5 Å². The summed E-state index contributed by atoms with van der Waals surface area (Å²) in [5.41, 5.74) is -0.386. The van der Waals surface area contributed by atoms with Crippen molar-refractivity contribution in [2.45, 2.75) is 33.2 Å². The van der Waals surface area contributed by atoms with E-state index in [4.69, 9.17) is 0 Å². The predicted octanol–water partition coefficient (Wildman–Crippen LogP) is 0.326. The van der Waals surface area contributed by atoms with Gasteiger partial charge in [0.25, 0.3) is 0 Å². The summed E-state index contributed by atoms with van der Waals surface area (Å²) in [7, 11) is 3.24. The van der Waals surface area contributed by atoms with E-state index < -0.39 is 6.04 Å². The maximum Gasteiger partial charge on any atom is 0.237 e. The number of Topliss-reactive ketones (excluding diaryl/α,β-unsaturated/α-hetero) is 1. The predicted molar refractivity (Wildman–Crippen MR) is 56.0 cm³/mol. The van der Waals surface area contributed by atoms with E-state index in [9.17, 15) is 9.59 Å². The molecular weight excluding hydrogens is 180 g/mol. The van der Waals surface area contributed by atoms with Crippen LogP contribution in [0.15, 0.2) is 0 Å². The van der Waals surface area contributed by atoms with E-state index in [0.29, 0.717) is 0 Å². The second kappa shape index (κ2) is 5.10. The molecule has 0 rings (SSSR count). The van der Waals surface area contributed by atoms with Crippen molar-refractivity contribution in [2.24, 2.45) is 5.41 Å². The highest BCUT2D eigenvalue weighted by molar-refractivity contribution is 5.91. The highest BCUT2D eigenvalue weighted by atomic mass is 16.2. The van der Waals surface area contributed by atoms with Crippen molar-refractivity contribution in [3.63, 3.8) is 0 Å². The standard InChI is InChI=1S/C10H20N2O2/c1-10(2,3)8(13)6-7(11-4)9(14)12-5/h7,11H,6H2,1-5H3,(H,12,14). The third-order valence-electron chi connectivity index (χ3n) is 2.14. The van der Waals surface area contributed by atoms with E-state index in [1.165, 1.54) is 0 Å². The molecule has 0 saturated carbocycles. The zero-order valence-electron chi connectivity index (χ0n) is 9.60. The van der Waals surface area contributed by atoms with Gasteiger partial charge in [-0.05, 0) is 7.05 Å². The number of hydrogen-bond donors (Lipinski definition) is 2. The van der Waals surface area contributed by atoms with Crippen molar-refractivity contribution < 1.29 is 9.59 Å². The van der Waals surface area contributed by atoms with Gasteiger partial charge in [0.15, 0.2) is 0 Å². The minimum atomic E-state index is -0.424. The monoisotopic (exact) mass is 200 g/mol. The topological polar surface area (TPSA) is 58.2 Å². The zero-order valence-corrected chi connectivity index (χ0v) is 9.60. The Balaban J connectivity index is 4.34. The van der Waals surface area contributed by atoms with Gasteiger partial charge in [-0.25, -0.2) is 0 Å². The average Bonchev–Trinajstić information content (AvgIpc) is 2.10. The molecule has 0 bridgehead atoms. The van der Waals surface area contributed by atoms with Crippen LogP contribution in [0.25, 0.3) is 0 Å². The molecule has 2 N–H and O–H groups in total. The first-order chi connectivity index (χ1) is 6.32. The lowest BCUT2D eigenvalue weighted by Crippen LogP contribution is -2.43. The number of likely N-dealkylation sites (N-methyl/N-ethyl adjacent to an activating group) is 2. The Morgan fingerprint density at radius 1 is 1.21 bits per heavy atom. The third-order valence-corrected chi connectivity index (χ3v) is 2.14. The van der Waals surface area contributed by atoms with Crippen molar-refractivity contribution in [1.29, 1.82) is 0 Å². The Morgan fingerprint density at radius 2 is 1.71 bits per heavy atom. The lowest BCUT2D eigenvalue weighted by molar-refractivity contribution is -0.131. The Morgan fingerprint density at radius 3 is 2.00 bits per heavy atom. The summed E-state index contributed by atoms with van der Waals surface area (Å²) in [5, 5.41) is 5.34. The van der Waals surface area contributed by atoms with Crippen LogP contribution in [0.4, 0.5) is 0 Å². The van der Waals surface area contributed by atoms with Crippen molar-refractivity contribution in [3.8, 4) is 0 Å². The van der Waals surface area contributed by atoms with Crippen molar-refractivity contribution in [2.75, 3.05) is 14.1 Å². The SMILES string of the molecule is CNC(=O)C(CC(=O)C(C)(C)C)NC. The first-order valence-electron chi connectivity index (χ1n) is 4.75. The molecule has 4 nitrogen and oxygen atoms in total. The molecule has 0 aromatic carbocycles. The number of carbonyl (C=O) groups excluding carboxylic acids is 2. The van der Waals surface area contributed by atoms with Gasteiger partial charge in [0.1, 0.15) is 5.78 Å². The van der Waals surface area contributed by atoms with Crippen LogP contribution < -0.4 is 10.6 Å². The molecule has 0 radical (unpaired) electrons. The molecule has 14 heavy (non-hydrogen) atoms. The fourth-order valence-corrected chi connectivity index (χ4v) is 0.992. The number of amides is 1. The Labute approximate surface area is 85.4 Å². The van der Waals surface area contributed by atoms with Crippen molar-refractivity contribution >= 4 is 11.7 Å². The molecule has 0 spiro atoms. The summed E-state index contributed by atoms with van der Waals surface area (Å²) in [6.45, 7) is 5.56. The molecule has 0 fully saturated rings. The number of ketones is 1. The Kier molecular flexibility index (Phi) is 4.77. The number of hydrogen-bond acceptors (Lipinski definition) is 3. The third kappa shape index (κ3) is 3.87. The molecule has 0 aromatic heterocycles. The molecule has 0 heterocycles. The summed E-state index contributed by atoms with van der Waals surface area (Å²) >= 11 is 0. The van der Waals surface area contributed by atoms with Gasteiger partial charge in [0.05, 0.1) is 6.04 Å². The van der Waals surface area contributed by atoms with E-state index in [2.05, 4.69) is 10.6 Å². The minimum Gasteiger partial charge on any atom is -0.358 e. The molecule has 0 aliphatic rings. The van der Waals surface area contributed by atoms with Crippen molar-refractivity contribution in [3.05, 3.63) is 0 Å². The molecular formula is C10H20N2O2. The van der Waals surface area contributed by atoms with E-state index in [0.717, 1.165) is 0 Å². The second-order valence-electron chi connectivity index (χ2n) is 4.33. The smallest absolute Gasteiger partial charge is 0.237 e. The first kappa shape index (κ1) is 13.1. The molecule has 0 saturated heterocycles. The van der Waals surface area contributed by atoms with Gasteiger partial charge in [0.2, 0.25) is 5.91 Å². The first-order valence-corrected chi connectivity index (χ1v) is 4.75. The second-order valence-corrected chi connectivity index (χ2v) is 4.33. The quantitative estimate of drug-likeness (QED) is 0.687. The minimum absolute atomic E-state index is 0.0838. The summed E-state index contributed by atoms with van der Waals surface area (Å²) < 4.78 is 0. The summed E-state index contributed by atoms with van der Waals surface area (Å²) in [6.07, 6.45) is 0.236. The molecule has 82 valence electrons. The molecule has 0 aromatic rings. The number of rotatable bonds is 4. The fourth-order valence-electron chi connectivity index (χ4n) is 0.992. The molecule has 1 unspecified atom stereocenters. The van der Waals surface area contributed by atoms with Gasteiger partial charge in [0, 0.05) is 18.9 Å². The van der Waals surface area contributed by atoms with E-state index >= 15 is 0 Å². The normalized spacial score (nSPS) is 13.5. The average molecular weight is 200 g/mol. The van der Waals surface area contributed by atoms with Gasteiger partial charge in [-0.3, -0.25) is 9.59 Å². The highest BCUT2D eigenvalue weighted by Gasteiger charge is 2.26. The summed E-state index contributed by atoms with van der Waals surface area (Å²) in [6, 6.07) is -0.424. The fraction of sp³-hybridized carbons (Fsp3) is 0.800. The summed E-state index contributed by atoms with van der Waals surface area (Å²) in [5.74, 6) is -0.0643. The molecule has 0 aliphatic heterocycles.